The summed E-state index contributed by atoms with van der Waals surface area (Å²) in [5.41, 5.74) is 12.1. The topological polar surface area (TPSA) is 119 Å². The molecule has 118 valence electrons. The number of hydrogen-bond donors (Lipinski definition) is 4. The number of nitrogens with one attached hydrogen (secondary N) is 2. The molecule has 1 aromatic carbocycles. The van der Waals surface area contributed by atoms with E-state index in [1.807, 2.05) is 6.92 Å². The van der Waals surface area contributed by atoms with Crippen LogP contribution in [0.15, 0.2) is 24.3 Å². The molecule has 0 heterocycles. The van der Waals surface area contributed by atoms with Crippen LogP contribution in [0.5, 0.6) is 0 Å². The van der Waals surface area contributed by atoms with Crippen LogP contribution >= 0.6 is 12.4 Å². The molecule has 3 amide bonds. The number of anilines is 1. The number of urea groups is 1. The second kappa shape index (κ2) is 9.17. The van der Waals surface area contributed by atoms with Crippen molar-refractivity contribution in [2.75, 3.05) is 19.0 Å². The van der Waals surface area contributed by atoms with Gasteiger partial charge in [-0.15, -0.1) is 12.4 Å². The first-order valence-electron chi connectivity index (χ1n) is 6.15. The van der Waals surface area contributed by atoms with E-state index in [1.165, 1.54) is 7.11 Å². The number of methoxy groups -OCH3 is 1. The number of ether oxygens (including phenoxy) is 1. The molecule has 0 aliphatic heterocycles. The van der Waals surface area contributed by atoms with Crippen molar-refractivity contribution in [3.05, 3.63) is 29.8 Å². The minimum absolute atomic E-state index is 0. The Morgan fingerprint density at radius 1 is 1.29 bits per heavy atom. The van der Waals surface area contributed by atoms with Crippen LogP contribution in [0, 0.1) is 0 Å². The number of halogens is 1. The van der Waals surface area contributed by atoms with E-state index >= 15 is 0 Å². The maximum absolute atomic E-state index is 11.7. The first-order valence-corrected chi connectivity index (χ1v) is 6.15. The lowest BCUT2D eigenvalue weighted by molar-refractivity contribution is -0.124. The number of primary amides is 1. The van der Waals surface area contributed by atoms with Crippen molar-refractivity contribution in [1.29, 1.82) is 0 Å². The Morgan fingerprint density at radius 2 is 1.86 bits per heavy atom. The SMILES string of the molecule is COCC(N)C(=O)NC(C)c1ccc(NC(N)=O)cc1.Cl. The molecule has 7 nitrogen and oxygen atoms in total. The van der Waals surface area contributed by atoms with Gasteiger partial charge < -0.3 is 26.8 Å². The van der Waals surface area contributed by atoms with E-state index in [0.717, 1.165) is 5.56 Å². The zero-order chi connectivity index (χ0) is 15.1. The quantitative estimate of drug-likeness (QED) is 0.619. The molecular weight excluding hydrogens is 296 g/mol. The van der Waals surface area contributed by atoms with Gasteiger partial charge in [0.25, 0.3) is 0 Å². The molecule has 0 radical (unpaired) electrons. The average Bonchev–Trinajstić information content (AvgIpc) is 2.39. The second-order valence-electron chi connectivity index (χ2n) is 4.40. The van der Waals surface area contributed by atoms with Crippen molar-refractivity contribution in [2.24, 2.45) is 11.5 Å². The Bertz CT molecular complexity index is 467. The molecule has 2 atom stereocenters. The van der Waals surface area contributed by atoms with Crippen molar-refractivity contribution >= 4 is 30.0 Å². The maximum atomic E-state index is 11.7. The smallest absolute Gasteiger partial charge is 0.316 e. The third kappa shape index (κ3) is 6.44. The fourth-order valence-corrected chi connectivity index (χ4v) is 1.66. The molecule has 1 aromatic rings. The molecule has 8 heteroatoms. The summed E-state index contributed by atoms with van der Waals surface area (Å²) < 4.78 is 4.83. The summed E-state index contributed by atoms with van der Waals surface area (Å²) in [5.74, 6) is -0.279. The molecule has 6 N–H and O–H groups in total. The van der Waals surface area contributed by atoms with Crippen molar-refractivity contribution in [3.63, 3.8) is 0 Å². The lowest BCUT2D eigenvalue weighted by Crippen LogP contribution is -2.44. The number of carbonyl (C=O) groups is 2. The lowest BCUT2D eigenvalue weighted by Gasteiger charge is -2.17. The van der Waals surface area contributed by atoms with Crippen LogP contribution in [0.4, 0.5) is 10.5 Å². The van der Waals surface area contributed by atoms with Crippen molar-refractivity contribution in [3.8, 4) is 0 Å². The predicted octanol–water partition coefficient (Wildman–Crippen LogP) is 0.750. The molecule has 0 aromatic heterocycles. The lowest BCUT2D eigenvalue weighted by atomic mass is 10.1. The van der Waals surface area contributed by atoms with Crippen LogP contribution in [-0.4, -0.2) is 31.7 Å². The average molecular weight is 317 g/mol. The first-order chi connectivity index (χ1) is 9.43. The molecule has 0 aliphatic rings. The molecule has 0 saturated carbocycles. The highest BCUT2D eigenvalue weighted by Crippen LogP contribution is 2.16. The van der Waals surface area contributed by atoms with E-state index in [4.69, 9.17) is 16.2 Å². The Hall–Kier alpha value is -1.83. The van der Waals surface area contributed by atoms with Crippen LogP contribution in [0.1, 0.15) is 18.5 Å². The highest BCUT2D eigenvalue weighted by Gasteiger charge is 2.16. The predicted molar refractivity (Wildman–Crippen MR) is 83.3 cm³/mol. The number of nitrogens with two attached hydrogens (primary N) is 2. The van der Waals surface area contributed by atoms with E-state index in [-0.39, 0.29) is 31.0 Å². The van der Waals surface area contributed by atoms with Crippen LogP contribution in [0.3, 0.4) is 0 Å². The van der Waals surface area contributed by atoms with Crippen molar-refractivity contribution < 1.29 is 14.3 Å². The van der Waals surface area contributed by atoms with Crippen LogP contribution < -0.4 is 22.1 Å². The summed E-state index contributed by atoms with van der Waals surface area (Å²) >= 11 is 0. The Balaban J connectivity index is 0.00000400. The van der Waals surface area contributed by atoms with Gasteiger partial charge >= 0.3 is 6.03 Å². The highest BCUT2D eigenvalue weighted by atomic mass is 35.5. The van der Waals surface area contributed by atoms with Gasteiger partial charge in [-0.05, 0) is 24.6 Å². The molecular formula is C13H21ClN4O3. The zero-order valence-electron chi connectivity index (χ0n) is 12.0. The maximum Gasteiger partial charge on any atom is 0.316 e. The summed E-state index contributed by atoms with van der Waals surface area (Å²) in [4.78, 5) is 22.4. The Kier molecular flexibility index (Phi) is 8.37. The molecule has 2 unspecified atom stereocenters. The standard InChI is InChI=1S/C13H20N4O3.ClH/c1-8(16-12(18)11(14)7-20-2)9-3-5-10(6-4-9)17-13(15)19;/h3-6,8,11H,7,14H2,1-2H3,(H,16,18)(H3,15,17,19);1H. The number of carbonyl (C=O) groups excluding carboxylic acids is 2. The zero-order valence-corrected chi connectivity index (χ0v) is 12.8. The van der Waals surface area contributed by atoms with E-state index in [0.29, 0.717) is 5.69 Å². The van der Waals surface area contributed by atoms with Gasteiger partial charge in [0.05, 0.1) is 12.6 Å². The largest absolute Gasteiger partial charge is 0.383 e. The minimum Gasteiger partial charge on any atom is -0.383 e. The molecule has 0 fully saturated rings. The first kappa shape index (κ1) is 19.2. The molecule has 1 rings (SSSR count). The van der Waals surface area contributed by atoms with Gasteiger partial charge in [-0.25, -0.2) is 4.79 Å². The highest BCUT2D eigenvalue weighted by molar-refractivity contribution is 5.87. The van der Waals surface area contributed by atoms with Crippen molar-refractivity contribution in [2.45, 2.75) is 19.0 Å². The fraction of sp³-hybridized carbons (Fsp3) is 0.385. The van der Waals surface area contributed by atoms with Crippen LogP contribution in [0.2, 0.25) is 0 Å². The van der Waals surface area contributed by atoms with E-state index in [2.05, 4.69) is 10.6 Å². The second-order valence-corrected chi connectivity index (χ2v) is 4.40. The number of benzene rings is 1. The van der Waals surface area contributed by atoms with Crippen LogP contribution in [-0.2, 0) is 9.53 Å². The molecule has 21 heavy (non-hydrogen) atoms. The summed E-state index contributed by atoms with van der Waals surface area (Å²) in [6.45, 7) is 2.01. The summed E-state index contributed by atoms with van der Waals surface area (Å²) in [6.07, 6.45) is 0. The number of amides is 3. The van der Waals surface area contributed by atoms with E-state index in [1.54, 1.807) is 24.3 Å². The van der Waals surface area contributed by atoms with Gasteiger partial charge in [0.15, 0.2) is 0 Å². The van der Waals surface area contributed by atoms with Crippen molar-refractivity contribution in [1.82, 2.24) is 5.32 Å². The number of rotatable bonds is 6. The molecule has 0 bridgehead atoms. The van der Waals surface area contributed by atoms with Gasteiger partial charge in [-0.1, -0.05) is 12.1 Å². The Labute approximate surface area is 129 Å². The van der Waals surface area contributed by atoms with Gasteiger partial charge in [0.1, 0.15) is 6.04 Å². The van der Waals surface area contributed by atoms with Gasteiger partial charge in [0, 0.05) is 12.8 Å². The fourth-order valence-electron chi connectivity index (χ4n) is 1.66. The van der Waals surface area contributed by atoms with Gasteiger partial charge in [0.2, 0.25) is 5.91 Å². The van der Waals surface area contributed by atoms with Gasteiger partial charge in [-0.3, -0.25) is 4.79 Å². The summed E-state index contributed by atoms with van der Waals surface area (Å²) in [6, 6.07) is 5.47. The van der Waals surface area contributed by atoms with E-state index < -0.39 is 12.1 Å². The molecule has 0 spiro atoms. The monoisotopic (exact) mass is 316 g/mol. The molecule has 0 aliphatic carbocycles. The third-order valence-corrected chi connectivity index (χ3v) is 2.72. The summed E-state index contributed by atoms with van der Waals surface area (Å²) in [7, 11) is 1.49. The van der Waals surface area contributed by atoms with Gasteiger partial charge in [-0.2, -0.15) is 0 Å². The third-order valence-electron chi connectivity index (χ3n) is 2.72. The van der Waals surface area contributed by atoms with E-state index in [9.17, 15) is 9.59 Å². The number of hydrogen-bond acceptors (Lipinski definition) is 4. The van der Waals surface area contributed by atoms with Crippen LogP contribution in [0.25, 0.3) is 0 Å². The molecule has 0 saturated heterocycles. The minimum atomic E-state index is -0.696. The normalized spacial score (nSPS) is 12.7. The Morgan fingerprint density at radius 3 is 2.33 bits per heavy atom. The summed E-state index contributed by atoms with van der Waals surface area (Å²) in [5, 5.41) is 5.25.